The van der Waals surface area contributed by atoms with Crippen LogP contribution in [0.2, 0.25) is 0 Å². The summed E-state index contributed by atoms with van der Waals surface area (Å²) >= 11 is 6.51. The first kappa shape index (κ1) is 16.4. The van der Waals surface area contributed by atoms with Gasteiger partial charge in [0.05, 0.1) is 16.1 Å². The molecule has 0 amide bonds. The van der Waals surface area contributed by atoms with Gasteiger partial charge in [0, 0.05) is 15.0 Å². The van der Waals surface area contributed by atoms with E-state index in [1.54, 1.807) is 24.3 Å². The number of carboxylic acid groups (broad SMARTS) is 1. The predicted molar refractivity (Wildman–Crippen MR) is 90.4 cm³/mol. The van der Waals surface area contributed by atoms with Gasteiger partial charge in [-0.1, -0.05) is 44.0 Å². The molecule has 7 heteroatoms. The fourth-order valence-electron chi connectivity index (χ4n) is 1.86. The van der Waals surface area contributed by atoms with Gasteiger partial charge >= 0.3 is 5.97 Å². The van der Waals surface area contributed by atoms with Crippen LogP contribution < -0.4 is 0 Å². The Hall–Kier alpha value is -1.99. The maximum Gasteiger partial charge on any atom is 0.336 e. The standard InChI is InChI=1S/C15H9Br2NO4/c16-11-3-1-9(2-4-11)13(15(19)20)8-10-7-12(17)5-6-14(10)18(21)22/h1-8H,(H,19,20)/b13-8+. The zero-order valence-corrected chi connectivity index (χ0v) is 14.2. The molecular weight excluding hydrogens is 418 g/mol. The lowest BCUT2D eigenvalue weighted by molar-refractivity contribution is -0.385. The minimum Gasteiger partial charge on any atom is -0.478 e. The molecule has 22 heavy (non-hydrogen) atoms. The summed E-state index contributed by atoms with van der Waals surface area (Å²) in [6, 6.07) is 11.1. The highest BCUT2D eigenvalue weighted by atomic mass is 79.9. The zero-order valence-electron chi connectivity index (χ0n) is 11.0. The highest BCUT2D eigenvalue weighted by Gasteiger charge is 2.16. The van der Waals surface area contributed by atoms with Crippen LogP contribution in [0.1, 0.15) is 11.1 Å². The normalized spacial score (nSPS) is 11.3. The van der Waals surface area contributed by atoms with E-state index in [-0.39, 0.29) is 16.8 Å². The molecule has 2 aromatic carbocycles. The fraction of sp³-hybridized carbons (Fsp3) is 0. The predicted octanol–water partition coefficient (Wildman–Crippen LogP) is 4.75. The topological polar surface area (TPSA) is 80.4 Å². The molecule has 0 atom stereocenters. The molecular formula is C15H9Br2NO4. The maximum atomic E-state index is 11.5. The second-order valence-electron chi connectivity index (χ2n) is 4.33. The van der Waals surface area contributed by atoms with E-state index in [0.29, 0.717) is 10.0 Å². The summed E-state index contributed by atoms with van der Waals surface area (Å²) in [6.07, 6.45) is 1.30. The number of hydrogen-bond donors (Lipinski definition) is 1. The Kier molecular flexibility index (Phi) is 5.10. The third-order valence-corrected chi connectivity index (χ3v) is 3.89. The van der Waals surface area contributed by atoms with Crippen LogP contribution in [0.4, 0.5) is 5.69 Å². The van der Waals surface area contributed by atoms with Crippen molar-refractivity contribution in [2.45, 2.75) is 0 Å². The van der Waals surface area contributed by atoms with E-state index in [0.717, 1.165) is 4.47 Å². The molecule has 1 N–H and O–H groups in total. The smallest absolute Gasteiger partial charge is 0.336 e. The van der Waals surface area contributed by atoms with Crippen molar-refractivity contribution in [3.63, 3.8) is 0 Å². The number of carbonyl (C=O) groups is 1. The average molecular weight is 427 g/mol. The van der Waals surface area contributed by atoms with Gasteiger partial charge in [-0.3, -0.25) is 10.1 Å². The molecule has 0 aromatic heterocycles. The minimum absolute atomic E-state index is 0.0197. The summed E-state index contributed by atoms with van der Waals surface area (Å²) in [4.78, 5) is 22.0. The molecule has 2 rings (SSSR count). The first-order chi connectivity index (χ1) is 10.4. The highest BCUT2D eigenvalue weighted by Crippen LogP contribution is 2.28. The summed E-state index contributed by atoms with van der Waals surface area (Å²) in [7, 11) is 0. The Balaban J connectivity index is 2.60. The molecule has 0 aliphatic carbocycles. The summed E-state index contributed by atoms with van der Waals surface area (Å²) < 4.78 is 1.44. The van der Waals surface area contributed by atoms with Crippen LogP contribution in [-0.2, 0) is 4.79 Å². The molecule has 112 valence electrons. The van der Waals surface area contributed by atoms with Gasteiger partial charge < -0.3 is 5.11 Å². The van der Waals surface area contributed by atoms with E-state index in [1.807, 2.05) is 0 Å². The molecule has 0 aliphatic rings. The van der Waals surface area contributed by atoms with Gasteiger partial charge in [0.2, 0.25) is 0 Å². The number of benzene rings is 2. The minimum atomic E-state index is -1.16. The third kappa shape index (κ3) is 3.80. The van der Waals surface area contributed by atoms with Crippen LogP contribution in [0.25, 0.3) is 11.6 Å². The number of aliphatic carboxylic acids is 1. The molecule has 5 nitrogen and oxygen atoms in total. The summed E-state index contributed by atoms with van der Waals surface area (Å²) in [6.45, 7) is 0. The van der Waals surface area contributed by atoms with Crippen molar-refractivity contribution in [3.05, 3.63) is 72.7 Å². The van der Waals surface area contributed by atoms with Crippen molar-refractivity contribution in [3.8, 4) is 0 Å². The van der Waals surface area contributed by atoms with Gasteiger partial charge in [-0.25, -0.2) is 4.79 Å². The van der Waals surface area contributed by atoms with Crippen LogP contribution in [0.3, 0.4) is 0 Å². The van der Waals surface area contributed by atoms with E-state index < -0.39 is 10.9 Å². The lowest BCUT2D eigenvalue weighted by Crippen LogP contribution is -2.00. The molecule has 0 bridgehead atoms. The Morgan fingerprint density at radius 1 is 1.09 bits per heavy atom. The Morgan fingerprint density at radius 3 is 2.23 bits per heavy atom. The van der Waals surface area contributed by atoms with Gasteiger partial charge in [0.25, 0.3) is 5.69 Å². The number of halogens is 2. The second kappa shape index (κ2) is 6.85. The summed E-state index contributed by atoms with van der Waals surface area (Å²) in [5, 5.41) is 20.5. The molecule has 0 fully saturated rings. The first-order valence-electron chi connectivity index (χ1n) is 6.03. The highest BCUT2D eigenvalue weighted by molar-refractivity contribution is 9.10. The average Bonchev–Trinajstić information content (AvgIpc) is 2.45. The number of nitro groups is 1. The maximum absolute atomic E-state index is 11.5. The molecule has 0 saturated carbocycles. The number of nitrogens with zero attached hydrogens (tertiary/aromatic N) is 1. The number of rotatable bonds is 4. The lowest BCUT2D eigenvalue weighted by Gasteiger charge is -2.05. The van der Waals surface area contributed by atoms with E-state index in [4.69, 9.17) is 0 Å². The largest absolute Gasteiger partial charge is 0.478 e. The van der Waals surface area contributed by atoms with E-state index >= 15 is 0 Å². The van der Waals surface area contributed by atoms with Gasteiger partial charge in [-0.15, -0.1) is 0 Å². The molecule has 0 aliphatic heterocycles. The molecule has 0 spiro atoms. The van der Waals surface area contributed by atoms with Crippen LogP contribution >= 0.6 is 31.9 Å². The quantitative estimate of drug-likeness (QED) is 0.331. The van der Waals surface area contributed by atoms with E-state index in [2.05, 4.69) is 31.9 Å². The molecule has 0 heterocycles. The lowest BCUT2D eigenvalue weighted by atomic mass is 10.0. The summed E-state index contributed by atoms with van der Waals surface area (Å²) in [5.41, 5.74) is 0.512. The molecule has 2 aromatic rings. The zero-order chi connectivity index (χ0) is 16.3. The van der Waals surface area contributed by atoms with Crippen LogP contribution in [-0.4, -0.2) is 16.0 Å². The Labute approximate surface area is 142 Å². The Morgan fingerprint density at radius 2 is 1.68 bits per heavy atom. The molecule has 0 unspecified atom stereocenters. The Bertz CT molecular complexity index is 770. The molecule has 0 radical (unpaired) electrons. The van der Waals surface area contributed by atoms with Crippen molar-refractivity contribution in [2.75, 3.05) is 0 Å². The fourth-order valence-corrected chi connectivity index (χ4v) is 2.50. The van der Waals surface area contributed by atoms with E-state index in [9.17, 15) is 20.0 Å². The van der Waals surface area contributed by atoms with Gasteiger partial charge in [-0.05, 0) is 35.9 Å². The summed E-state index contributed by atoms with van der Waals surface area (Å²) in [5.74, 6) is -1.16. The number of nitro benzene ring substituents is 1. The van der Waals surface area contributed by atoms with Crippen molar-refractivity contribution in [1.82, 2.24) is 0 Å². The first-order valence-corrected chi connectivity index (χ1v) is 7.62. The van der Waals surface area contributed by atoms with Crippen LogP contribution in [0, 0.1) is 10.1 Å². The van der Waals surface area contributed by atoms with Gasteiger partial charge in [0.15, 0.2) is 0 Å². The van der Waals surface area contributed by atoms with Crippen LogP contribution in [0.5, 0.6) is 0 Å². The SMILES string of the molecule is O=C(O)/C(=C/c1cc(Br)ccc1[N+](=O)[O-])c1ccc(Br)cc1. The van der Waals surface area contributed by atoms with E-state index in [1.165, 1.54) is 24.3 Å². The monoisotopic (exact) mass is 425 g/mol. The van der Waals surface area contributed by atoms with Gasteiger partial charge in [0.1, 0.15) is 0 Å². The van der Waals surface area contributed by atoms with Crippen molar-refractivity contribution < 1.29 is 14.8 Å². The van der Waals surface area contributed by atoms with Crippen molar-refractivity contribution in [1.29, 1.82) is 0 Å². The number of carboxylic acids is 1. The second-order valence-corrected chi connectivity index (χ2v) is 6.16. The van der Waals surface area contributed by atoms with Crippen LogP contribution in [0.15, 0.2) is 51.4 Å². The number of hydrogen-bond acceptors (Lipinski definition) is 3. The van der Waals surface area contributed by atoms with Crippen molar-refractivity contribution in [2.24, 2.45) is 0 Å². The third-order valence-electron chi connectivity index (χ3n) is 2.87. The molecule has 0 saturated heterocycles. The van der Waals surface area contributed by atoms with Gasteiger partial charge in [-0.2, -0.15) is 0 Å². The van der Waals surface area contributed by atoms with Crippen molar-refractivity contribution >= 4 is 55.2 Å².